The Morgan fingerprint density at radius 3 is 2.22 bits per heavy atom. The molecular formula is C24H35FO2. The summed E-state index contributed by atoms with van der Waals surface area (Å²) in [5.74, 6) is 2.78. The zero-order chi connectivity index (χ0) is 19.1. The molecule has 0 spiro atoms. The van der Waals surface area contributed by atoms with E-state index in [1.54, 1.807) is 0 Å². The summed E-state index contributed by atoms with van der Waals surface area (Å²) in [7, 11) is 0. The molecule has 2 fully saturated rings. The van der Waals surface area contributed by atoms with Gasteiger partial charge in [0.25, 0.3) is 0 Å². The van der Waals surface area contributed by atoms with Gasteiger partial charge in [-0.05, 0) is 80.5 Å². The minimum absolute atomic E-state index is 0.0120. The lowest BCUT2D eigenvalue weighted by Crippen LogP contribution is -2.27. The molecule has 1 aromatic carbocycles. The molecule has 2 nitrogen and oxygen atoms in total. The van der Waals surface area contributed by atoms with Gasteiger partial charge in [-0.25, -0.2) is 4.39 Å². The number of carbonyl (C=O) groups is 1. The molecule has 0 aromatic heterocycles. The van der Waals surface area contributed by atoms with Crippen LogP contribution in [0, 0.1) is 29.5 Å². The van der Waals surface area contributed by atoms with Gasteiger partial charge in [0.2, 0.25) is 0 Å². The lowest BCUT2D eigenvalue weighted by molar-refractivity contribution is -0.140. The Labute approximate surface area is 163 Å². The van der Waals surface area contributed by atoms with Crippen LogP contribution < -0.4 is 4.74 Å². The van der Waals surface area contributed by atoms with Crippen molar-refractivity contribution in [3.05, 3.63) is 30.1 Å². The lowest BCUT2D eigenvalue weighted by atomic mass is 9.69. The molecule has 2 saturated carbocycles. The number of rotatable bonds is 9. The molecule has 0 radical (unpaired) electrons. The van der Waals surface area contributed by atoms with Crippen molar-refractivity contribution in [2.24, 2.45) is 23.7 Å². The Morgan fingerprint density at radius 2 is 1.56 bits per heavy atom. The molecule has 0 heterocycles. The van der Waals surface area contributed by atoms with Crippen molar-refractivity contribution >= 4 is 5.97 Å². The monoisotopic (exact) mass is 374 g/mol. The minimum Gasteiger partial charge on any atom is -0.426 e. The number of ether oxygens (including phenoxy) is 1. The van der Waals surface area contributed by atoms with E-state index in [1.165, 1.54) is 75.6 Å². The van der Waals surface area contributed by atoms with Crippen LogP contribution in [0.25, 0.3) is 0 Å². The molecular weight excluding hydrogens is 339 g/mol. The third-order valence-corrected chi connectivity index (χ3v) is 6.74. The van der Waals surface area contributed by atoms with E-state index in [1.807, 2.05) is 0 Å². The maximum absolute atomic E-state index is 12.9. The molecule has 1 aromatic rings. The Balaban J connectivity index is 1.28. The second-order valence-corrected chi connectivity index (χ2v) is 8.87. The molecule has 3 rings (SSSR count). The van der Waals surface area contributed by atoms with Gasteiger partial charge >= 0.3 is 5.97 Å². The normalized spacial score (nSPS) is 27.8. The molecule has 2 aliphatic carbocycles. The van der Waals surface area contributed by atoms with E-state index in [0.717, 1.165) is 43.4 Å². The number of benzene rings is 1. The van der Waals surface area contributed by atoms with E-state index in [4.69, 9.17) is 4.74 Å². The molecule has 0 atom stereocenters. The van der Waals surface area contributed by atoms with E-state index in [-0.39, 0.29) is 17.7 Å². The number of esters is 1. The fourth-order valence-electron chi connectivity index (χ4n) is 4.89. The van der Waals surface area contributed by atoms with Crippen molar-refractivity contribution in [3.8, 4) is 5.75 Å². The first-order valence-electron chi connectivity index (χ1n) is 11.1. The number of halogens is 1. The lowest BCUT2D eigenvalue weighted by Gasteiger charge is -2.37. The van der Waals surface area contributed by atoms with Gasteiger partial charge in [-0.15, -0.1) is 0 Å². The molecule has 0 unspecified atom stereocenters. The van der Waals surface area contributed by atoms with Crippen LogP contribution in [-0.4, -0.2) is 5.97 Å². The van der Waals surface area contributed by atoms with Crippen molar-refractivity contribution < 1.29 is 13.9 Å². The predicted octanol–water partition coefficient (Wildman–Crippen LogP) is 6.92. The third kappa shape index (κ3) is 6.33. The Bertz CT molecular complexity index is 569. The fourth-order valence-corrected chi connectivity index (χ4v) is 4.89. The molecule has 0 bridgehead atoms. The average molecular weight is 375 g/mol. The van der Waals surface area contributed by atoms with Crippen LogP contribution >= 0.6 is 0 Å². The van der Waals surface area contributed by atoms with Crippen LogP contribution in [-0.2, 0) is 4.79 Å². The summed E-state index contributed by atoms with van der Waals surface area (Å²) in [4.78, 5) is 12.3. The van der Waals surface area contributed by atoms with Crippen LogP contribution in [0.3, 0.4) is 0 Å². The van der Waals surface area contributed by atoms with Gasteiger partial charge in [0.05, 0.1) is 5.92 Å². The zero-order valence-corrected chi connectivity index (χ0v) is 16.8. The highest BCUT2D eigenvalue weighted by Gasteiger charge is 2.31. The van der Waals surface area contributed by atoms with Crippen molar-refractivity contribution in [2.45, 2.75) is 84.0 Å². The predicted molar refractivity (Wildman–Crippen MR) is 107 cm³/mol. The maximum atomic E-state index is 12.9. The van der Waals surface area contributed by atoms with Crippen LogP contribution in [0.5, 0.6) is 5.75 Å². The molecule has 0 N–H and O–H groups in total. The zero-order valence-electron chi connectivity index (χ0n) is 16.8. The van der Waals surface area contributed by atoms with E-state index in [9.17, 15) is 9.18 Å². The topological polar surface area (TPSA) is 26.3 Å². The summed E-state index contributed by atoms with van der Waals surface area (Å²) in [6, 6.07) is 5.70. The van der Waals surface area contributed by atoms with Crippen LogP contribution in [0.1, 0.15) is 84.0 Å². The van der Waals surface area contributed by atoms with Gasteiger partial charge in [0.15, 0.2) is 0 Å². The second kappa shape index (κ2) is 10.2. The van der Waals surface area contributed by atoms with E-state index >= 15 is 0 Å². The smallest absolute Gasteiger partial charge is 0.314 e. The Kier molecular flexibility index (Phi) is 7.72. The van der Waals surface area contributed by atoms with Crippen molar-refractivity contribution in [1.82, 2.24) is 0 Å². The summed E-state index contributed by atoms with van der Waals surface area (Å²) in [5, 5.41) is 0. The molecule has 0 amide bonds. The first-order valence-corrected chi connectivity index (χ1v) is 11.1. The average Bonchev–Trinajstić information content (AvgIpc) is 2.65. The number of hydrogen-bond acceptors (Lipinski definition) is 2. The first-order chi connectivity index (χ1) is 13.1. The molecule has 0 saturated heterocycles. The van der Waals surface area contributed by atoms with Crippen LogP contribution in [0.4, 0.5) is 4.39 Å². The summed E-state index contributed by atoms with van der Waals surface area (Å²) in [6.07, 6.45) is 15.4. The van der Waals surface area contributed by atoms with Gasteiger partial charge in [-0.2, -0.15) is 0 Å². The van der Waals surface area contributed by atoms with Gasteiger partial charge in [-0.3, -0.25) is 4.79 Å². The highest BCUT2D eigenvalue weighted by Crippen LogP contribution is 2.42. The van der Waals surface area contributed by atoms with Crippen molar-refractivity contribution in [3.63, 3.8) is 0 Å². The Hall–Kier alpha value is -1.38. The standard InChI is InChI=1S/C24H35FO2/c1-2-3-4-5-19-16-20(17-19)7-6-18-8-10-21(11-9-18)24(26)27-23-14-12-22(25)13-15-23/h12-15,18-21H,2-11,16-17H2,1H3/t18?,19-,20-,21?. The van der Waals surface area contributed by atoms with Gasteiger partial charge in [0.1, 0.15) is 11.6 Å². The molecule has 0 aliphatic heterocycles. The quantitative estimate of drug-likeness (QED) is 0.266. The first kappa shape index (κ1) is 20.4. The highest BCUT2D eigenvalue weighted by atomic mass is 19.1. The highest BCUT2D eigenvalue weighted by molar-refractivity contribution is 5.75. The van der Waals surface area contributed by atoms with Crippen LogP contribution in [0.2, 0.25) is 0 Å². The molecule has 150 valence electrons. The van der Waals surface area contributed by atoms with Gasteiger partial charge in [-0.1, -0.05) is 45.4 Å². The number of unbranched alkanes of at least 4 members (excludes halogenated alkanes) is 2. The number of hydrogen-bond donors (Lipinski definition) is 0. The van der Waals surface area contributed by atoms with Gasteiger partial charge in [0, 0.05) is 0 Å². The third-order valence-electron chi connectivity index (χ3n) is 6.74. The molecule has 2 aliphatic rings. The van der Waals surface area contributed by atoms with E-state index < -0.39 is 0 Å². The largest absolute Gasteiger partial charge is 0.426 e. The van der Waals surface area contributed by atoms with Crippen molar-refractivity contribution in [1.29, 1.82) is 0 Å². The van der Waals surface area contributed by atoms with E-state index in [0.29, 0.717) is 5.75 Å². The minimum atomic E-state index is -0.311. The SMILES string of the molecule is CCCCC[C@H]1C[C@H](CCC2CCC(C(=O)Oc3ccc(F)cc3)CC2)C1. The Morgan fingerprint density at radius 1 is 0.926 bits per heavy atom. The summed E-state index contributed by atoms with van der Waals surface area (Å²) < 4.78 is 18.3. The summed E-state index contributed by atoms with van der Waals surface area (Å²) in [6.45, 7) is 2.28. The second-order valence-electron chi connectivity index (χ2n) is 8.87. The number of carbonyl (C=O) groups excluding carboxylic acids is 1. The molecule has 27 heavy (non-hydrogen) atoms. The van der Waals surface area contributed by atoms with Crippen LogP contribution in [0.15, 0.2) is 24.3 Å². The maximum Gasteiger partial charge on any atom is 0.314 e. The van der Waals surface area contributed by atoms with E-state index in [2.05, 4.69) is 6.92 Å². The summed E-state index contributed by atoms with van der Waals surface area (Å²) in [5.41, 5.74) is 0. The van der Waals surface area contributed by atoms with Gasteiger partial charge < -0.3 is 4.74 Å². The molecule has 3 heteroatoms. The van der Waals surface area contributed by atoms with Crippen molar-refractivity contribution in [2.75, 3.05) is 0 Å². The fraction of sp³-hybridized carbons (Fsp3) is 0.708. The summed E-state index contributed by atoms with van der Waals surface area (Å²) >= 11 is 0.